The van der Waals surface area contributed by atoms with Gasteiger partial charge in [0.05, 0.1) is 13.7 Å². The van der Waals surface area contributed by atoms with Crippen LogP contribution in [0.3, 0.4) is 0 Å². The van der Waals surface area contributed by atoms with Crippen LogP contribution in [-0.4, -0.2) is 56.9 Å². The molecule has 20 heavy (non-hydrogen) atoms. The smallest absolute Gasteiger partial charge is 0.407 e. The lowest BCUT2D eigenvalue weighted by Gasteiger charge is -2.22. The Hall–Kier alpha value is -1.30. The van der Waals surface area contributed by atoms with E-state index in [0.29, 0.717) is 19.1 Å². The fraction of sp³-hybridized carbons (Fsp3) is 0.857. The molecule has 0 spiro atoms. The van der Waals surface area contributed by atoms with Crippen molar-refractivity contribution >= 4 is 12.1 Å². The third-order valence-corrected chi connectivity index (χ3v) is 3.26. The van der Waals surface area contributed by atoms with Crippen LogP contribution in [0.5, 0.6) is 0 Å². The number of nitrogens with zero attached hydrogens (tertiary/aromatic N) is 1. The van der Waals surface area contributed by atoms with Crippen molar-refractivity contribution in [1.82, 2.24) is 10.2 Å². The Bertz CT molecular complexity index is 295. The van der Waals surface area contributed by atoms with E-state index in [1.807, 2.05) is 21.0 Å². The molecule has 118 valence electrons. The van der Waals surface area contributed by atoms with Crippen molar-refractivity contribution in [3.63, 3.8) is 0 Å². The highest BCUT2D eigenvalue weighted by Crippen LogP contribution is 2.07. The first-order valence-corrected chi connectivity index (χ1v) is 7.09. The van der Waals surface area contributed by atoms with Gasteiger partial charge in [0.1, 0.15) is 6.04 Å². The van der Waals surface area contributed by atoms with Gasteiger partial charge in [0.15, 0.2) is 0 Å². The number of rotatable bonds is 9. The summed E-state index contributed by atoms with van der Waals surface area (Å²) in [6.07, 6.45) is 2.50. The normalized spacial score (nSPS) is 13.7. The maximum atomic E-state index is 11.7. The SMILES string of the molecule is CCCCOC(=O)NC(CCC(C)N(C)C)C(=O)OC. The number of amides is 1. The van der Waals surface area contributed by atoms with Crippen molar-refractivity contribution in [1.29, 1.82) is 0 Å². The minimum atomic E-state index is -0.656. The van der Waals surface area contributed by atoms with E-state index in [1.54, 1.807) is 0 Å². The summed E-state index contributed by atoms with van der Waals surface area (Å²) in [6, 6.07) is -0.336. The van der Waals surface area contributed by atoms with Crippen molar-refractivity contribution < 1.29 is 19.1 Å². The van der Waals surface area contributed by atoms with E-state index in [0.717, 1.165) is 19.3 Å². The van der Waals surface area contributed by atoms with Crippen LogP contribution >= 0.6 is 0 Å². The summed E-state index contributed by atoms with van der Waals surface area (Å²) < 4.78 is 9.70. The standard InChI is InChI=1S/C14H28N2O4/c1-6-7-10-20-14(18)15-12(13(17)19-5)9-8-11(2)16(3)4/h11-12H,6-10H2,1-5H3,(H,15,18). The average Bonchev–Trinajstić information content (AvgIpc) is 2.42. The minimum absolute atomic E-state index is 0.320. The molecule has 0 fully saturated rings. The summed E-state index contributed by atoms with van der Waals surface area (Å²) in [5.74, 6) is -0.441. The first-order valence-electron chi connectivity index (χ1n) is 7.09. The van der Waals surface area contributed by atoms with Gasteiger partial charge in [0.2, 0.25) is 0 Å². The Labute approximate surface area is 121 Å². The molecule has 2 atom stereocenters. The van der Waals surface area contributed by atoms with Crippen molar-refractivity contribution in [2.24, 2.45) is 0 Å². The van der Waals surface area contributed by atoms with E-state index >= 15 is 0 Å². The third kappa shape index (κ3) is 7.99. The van der Waals surface area contributed by atoms with Gasteiger partial charge in [-0.2, -0.15) is 0 Å². The molecule has 0 saturated heterocycles. The Morgan fingerprint density at radius 3 is 2.40 bits per heavy atom. The molecule has 1 N–H and O–H groups in total. The summed E-state index contributed by atoms with van der Waals surface area (Å²) >= 11 is 0. The van der Waals surface area contributed by atoms with E-state index < -0.39 is 18.1 Å². The molecule has 0 aliphatic rings. The number of carbonyl (C=O) groups is 2. The molecular weight excluding hydrogens is 260 g/mol. The molecule has 0 aromatic carbocycles. The van der Waals surface area contributed by atoms with Gasteiger partial charge in [0.25, 0.3) is 0 Å². The predicted octanol–water partition coefficient (Wildman–Crippen LogP) is 1.78. The number of hydrogen-bond acceptors (Lipinski definition) is 5. The maximum Gasteiger partial charge on any atom is 0.407 e. The zero-order valence-electron chi connectivity index (χ0n) is 13.3. The molecule has 0 aromatic rings. The van der Waals surface area contributed by atoms with E-state index in [4.69, 9.17) is 9.47 Å². The number of ether oxygens (including phenoxy) is 2. The summed E-state index contributed by atoms with van der Waals surface area (Å²) in [7, 11) is 5.27. The molecule has 2 unspecified atom stereocenters. The lowest BCUT2D eigenvalue weighted by atomic mass is 10.1. The van der Waals surface area contributed by atoms with E-state index in [9.17, 15) is 9.59 Å². The number of methoxy groups -OCH3 is 1. The highest BCUT2D eigenvalue weighted by atomic mass is 16.6. The van der Waals surface area contributed by atoms with Crippen LogP contribution in [0, 0.1) is 0 Å². The van der Waals surface area contributed by atoms with Gasteiger partial charge in [-0.25, -0.2) is 9.59 Å². The van der Waals surface area contributed by atoms with Gasteiger partial charge in [0, 0.05) is 6.04 Å². The van der Waals surface area contributed by atoms with E-state index in [1.165, 1.54) is 7.11 Å². The number of alkyl carbamates (subject to hydrolysis) is 1. The van der Waals surface area contributed by atoms with Gasteiger partial charge in [-0.05, 0) is 40.3 Å². The molecule has 0 bridgehead atoms. The molecule has 0 rings (SSSR count). The van der Waals surface area contributed by atoms with Crippen LogP contribution < -0.4 is 5.32 Å². The molecule has 6 heteroatoms. The Kier molecular flexibility index (Phi) is 9.80. The van der Waals surface area contributed by atoms with Crippen LogP contribution in [-0.2, 0) is 14.3 Å². The summed E-state index contributed by atoms with van der Waals surface area (Å²) in [4.78, 5) is 25.3. The second kappa shape index (κ2) is 10.5. The van der Waals surface area contributed by atoms with Crippen LogP contribution in [0.1, 0.15) is 39.5 Å². The summed E-state index contributed by atoms with van der Waals surface area (Å²) in [6.45, 7) is 4.44. The van der Waals surface area contributed by atoms with Crippen molar-refractivity contribution in [2.45, 2.75) is 51.6 Å². The highest BCUT2D eigenvalue weighted by molar-refractivity contribution is 5.81. The van der Waals surface area contributed by atoms with Gasteiger partial charge in [-0.3, -0.25) is 0 Å². The molecule has 0 radical (unpaired) electrons. The Morgan fingerprint density at radius 2 is 1.90 bits per heavy atom. The van der Waals surface area contributed by atoms with Crippen molar-refractivity contribution in [2.75, 3.05) is 27.8 Å². The molecular formula is C14H28N2O4. The Morgan fingerprint density at radius 1 is 1.25 bits per heavy atom. The minimum Gasteiger partial charge on any atom is -0.467 e. The molecule has 6 nitrogen and oxygen atoms in total. The van der Waals surface area contributed by atoms with E-state index in [2.05, 4.69) is 17.1 Å². The van der Waals surface area contributed by atoms with Crippen LogP contribution in [0.4, 0.5) is 4.79 Å². The number of carbonyl (C=O) groups excluding carboxylic acids is 2. The van der Waals surface area contributed by atoms with Crippen molar-refractivity contribution in [3.8, 4) is 0 Å². The fourth-order valence-electron chi connectivity index (χ4n) is 1.55. The number of nitrogens with one attached hydrogen (secondary N) is 1. The van der Waals surface area contributed by atoms with Gasteiger partial charge in [-0.1, -0.05) is 13.3 Å². The zero-order valence-corrected chi connectivity index (χ0v) is 13.3. The quantitative estimate of drug-likeness (QED) is 0.517. The average molecular weight is 288 g/mol. The predicted molar refractivity (Wildman–Crippen MR) is 77.6 cm³/mol. The first kappa shape index (κ1) is 18.7. The lowest BCUT2D eigenvalue weighted by molar-refractivity contribution is -0.143. The van der Waals surface area contributed by atoms with Gasteiger partial charge >= 0.3 is 12.1 Å². The highest BCUT2D eigenvalue weighted by Gasteiger charge is 2.23. The fourth-order valence-corrected chi connectivity index (χ4v) is 1.55. The molecule has 0 aliphatic heterocycles. The number of hydrogen-bond donors (Lipinski definition) is 1. The molecule has 0 saturated carbocycles. The third-order valence-electron chi connectivity index (χ3n) is 3.26. The second-order valence-electron chi connectivity index (χ2n) is 5.10. The topological polar surface area (TPSA) is 67.9 Å². The number of unbranched alkanes of at least 4 members (excludes halogenated alkanes) is 1. The molecule has 0 heterocycles. The van der Waals surface area contributed by atoms with E-state index in [-0.39, 0.29) is 0 Å². The van der Waals surface area contributed by atoms with Crippen LogP contribution in [0.2, 0.25) is 0 Å². The largest absolute Gasteiger partial charge is 0.467 e. The van der Waals surface area contributed by atoms with Crippen molar-refractivity contribution in [3.05, 3.63) is 0 Å². The zero-order chi connectivity index (χ0) is 15.5. The van der Waals surface area contributed by atoms with Gasteiger partial charge < -0.3 is 19.7 Å². The molecule has 0 aliphatic carbocycles. The summed E-state index contributed by atoms with van der Waals surface area (Å²) in [5.41, 5.74) is 0. The van der Waals surface area contributed by atoms with Crippen LogP contribution in [0.15, 0.2) is 0 Å². The van der Waals surface area contributed by atoms with Gasteiger partial charge in [-0.15, -0.1) is 0 Å². The first-order chi connectivity index (χ1) is 9.42. The Balaban J connectivity index is 4.28. The number of esters is 1. The molecule has 0 aromatic heterocycles. The lowest BCUT2D eigenvalue weighted by Crippen LogP contribution is -2.42. The molecule has 1 amide bonds. The monoisotopic (exact) mass is 288 g/mol. The maximum absolute atomic E-state index is 11.7. The summed E-state index contributed by atoms with van der Waals surface area (Å²) in [5, 5.41) is 2.57. The second-order valence-corrected chi connectivity index (χ2v) is 5.10. The van der Waals surface area contributed by atoms with Crippen LogP contribution in [0.25, 0.3) is 0 Å².